The van der Waals surface area contributed by atoms with Crippen molar-refractivity contribution in [3.63, 3.8) is 0 Å². The van der Waals surface area contributed by atoms with Crippen LogP contribution < -0.4 is 21.7 Å². The Morgan fingerprint density at radius 1 is 1.03 bits per heavy atom. The normalized spacial score (nSPS) is 15.2. The molecule has 7 N–H and O–H groups in total. The van der Waals surface area contributed by atoms with Gasteiger partial charge in [-0.05, 0) is 48.5 Å². The molecule has 0 aliphatic rings. The fourth-order valence-electron chi connectivity index (χ4n) is 3.16. The van der Waals surface area contributed by atoms with Crippen LogP contribution in [0.3, 0.4) is 0 Å². The quantitative estimate of drug-likeness (QED) is 0.162. The Bertz CT molecular complexity index is 855. The second kappa shape index (κ2) is 15.5. The first-order valence-corrected chi connectivity index (χ1v) is 13.3. The highest BCUT2D eigenvalue weighted by atomic mass is 32.2. The first kappa shape index (κ1) is 30.6. The summed E-state index contributed by atoms with van der Waals surface area (Å²) >= 11 is 5.45. The number of phenolic OH excluding ortho intramolecular Hbond substituents is 1. The van der Waals surface area contributed by atoms with Crippen LogP contribution in [0.2, 0.25) is 0 Å². The van der Waals surface area contributed by atoms with Crippen molar-refractivity contribution in [1.29, 1.82) is 0 Å². The zero-order chi connectivity index (χ0) is 26.5. The van der Waals surface area contributed by atoms with Gasteiger partial charge in [-0.2, -0.15) is 24.4 Å². The fraction of sp³-hybridized carbons (Fsp3) is 0.565. The number of rotatable bonds is 15. The van der Waals surface area contributed by atoms with E-state index in [0.717, 1.165) is 5.56 Å². The van der Waals surface area contributed by atoms with Gasteiger partial charge in [-0.3, -0.25) is 14.4 Å². The number of nitrogens with two attached hydrogens (primary N) is 1. The summed E-state index contributed by atoms with van der Waals surface area (Å²) in [5, 5.41) is 26.4. The van der Waals surface area contributed by atoms with Gasteiger partial charge in [0.2, 0.25) is 17.7 Å². The van der Waals surface area contributed by atoms with Crippen LogP contribution in [-0.4, -0.2) is 75.8 Å². The van der Waals surface area contributed by atoms with Crippen LogP contribution >= 0.6 is 24.4 Å². The van der Waals surface area contributed by atoms with Gasteiger partial charge in [-0.15, -0.1) is 0 Å². The van der Waals surface area contributed by atoms with Crippen molar-refractivity contribution in [2.45, 2.75) is 57.3 Å². The Morgan fingerprint density at radius 2 is 1.63 bits per heavy atom. The number of carbonyl (C=O) groups is 4. The highest BCUT2D eigenvalue weighted by molar-refractivity contribution is 7.98. The number of phenols is 1. The molecular formula is C23H36N4O6S2. The van der Waals surface area contributed by atoms with E-state index in [1.807, 2.05) is 13.2 Å². The average molecular weight is 529 g/mol. The lowest BCUT2D eigenvalue weighted by Gasteiger charge is -2.28. The summed E-state index contributed by atoms with van der Waals surface area (Å²) in [4.78, 5) is 49.9. The number of aliphatic carboxylic acids is 1. The SMILES string of the molecule is CCC(C)C(NC(=O)C(CCSC)NC(=O)C(N)Cc1ccc(O)cc1)C(=O)NC(CS)C(=O)O. The number of nitrogens with one attached hydrogen (secondary N) is 3. The Kier molecular flexibility index (Phi) is 13.6. The predicted molar refractivity (Wildman–Crippen MR) is 140 cm³/mol. The second-order valence-electron chi connectivity index (χ2n) is 8.27. The van der Waals surface area contributed by atoms with Gasteiger partial charge in [0.25, 0.3) is 0 Å². The van der Waals surface area contributed by atoms with E-state index in [1.54, 1.807) is 19.1 Å². The molecule has 0 aromatic heterocycles. The van der Waals surface area contributed by atoms with Crippen molar-refractivity contribution in [2.24, 2.45) is 11.7 Å². The fourth-order valence-corrected chi connectivity index (χ4v) is 3.88. The standard InChI is InChI=1S/C23H36N4O6S2/c1-4-13(2)19(22(31)26-18(12-34)23(32)33)27-21(30)17(9-10-35-3)25-20(29)16(24)11-14-5-7-15(28)8-6-14/h5-8,13,16-19,28,34H,4,9-12,24H2,1-3H3,(H,25,29)(H,26,31)(H,27,30)(H,32,33). The Morgan fingerprint density at radius 3 is 2.14 bits per heavy atom. The number of hydrogen-bond acceptors (Lipinski definition) is 8. The summed E-state index contributed by atoms with van der Waals surface area (Å²) < 4.78 is 0. The van der Waals surface area contributed by atoms with Gasteiger partial charge in [0, 0.05) is 5.75 Å². The molecule has 0 aliphatic heterocycles. The lowest BCUT2D eigenvalue weighted by atomic mass is 9.97. The minimum atomic E-state index is -1.23. The highest BCUT2D eigenvalue weighted by Crippen LogP contribution is 2.12. The topological polar surface area (TPSA) is 171 Å². The summed E-state index contributed by atoms with van der Waals surface area (Å²) in [7, 11) is 0. The Balaban J connectivity index is 2.93. The third kappa shape index (κ3) is 10.4. The molecule has 5 unspecified atom stereocenters. The smallest absolute Gasteiger partial charge is 0.327 e. The Labute approximate surface area is 215 Å². The third-order valence-corrected chi connectivity index (χ3v) is 6.57. The van der Waals surface area contributed by atoms with E-state index in [9.17, 15) is 29.4 Å². The number of thiol groups is 1. The summed E-state index contributed by atoms with van der Waals surface area (Å²) in [5.41, 5.74) is 6.79. The maximum atomic E-state index is 13.1. The van der Waals surface area contributed by atoms with Gasteiger partial charge >= 0.3 is 5.97 Å². The van der Waals surface area contributed by atoms with Crippen molar-refractivity contribution in [3.8, 4) is 5.75 Å². The van der Waals surface area contributed by atoms with Crippen LogP contribution in [0.25, 0.3) is 0 Å². The zero-order valence-corrected chi connectivity index (χ0v) is 21.9. The lowest BCUT2D eigenvalue weighted by molar-refractivity contribution is -0.142. The van der Waals surface area contributed by atoms with Gasteiger partial charge < -0.3 is 31.9 Å². The third-order valence-electron chi connectivity index (χ3n) is 5.56. The summed E-state index contributed by atoms with van der Waals surface area (Å²) in [6.45, 7) is 3.61. The molecule has 1 rings (SSSR count). The zero-order valence-electron chi connectivity index (χ0n) is 20.2. The van der Waals surface area contributed by atoms with Gasteiger partial charge in [-0.25, -0.2) is 4.79 Å². The molecule has 0 saturated carbocycles. The van der Waals surface area contributed by atoms with Crippen molar-refractivity contribution < 1.29 is 29.4 Å². The number of carbonyl (C=O) groups excluding carboxylic acids is 3. The number of carboxylic acid groups (broad SMARTS) is 1. The van der Waals surface area contributed by atoms with Crippen LogP contribution in [0.15, 0.2) is 24.3 Å². The van der Waals surface area contributed by atoms with Gasteiger partial charge in [-0.1, -0.05) is 32.4 Å². The molecule has 12 heteroatoms. The summed E-state index contributed by atoms with van der Waals surface area (Å²) in [6, 6.07) is 2.27. The number of aromatic hydroxyl groups is 1. The highest BCUT2D eigenvalue weighted by Gasteiger charge is 2.32. The van der Waals surface area contributed by atoms with Crippen LogP contribution in [0.5, 0.6) is 5.75 Å². The number of amides is 3. The number of thioether (sulfide) groups is 1. The summed E-state index contributed by atoms with van der Waals surface area (Å²) in [5.74, 6) is -2.65. The maximum absolute atomic E-state index is 13.1. The van der Waals surface area contributed by atoms with E-state index in [0.29, 0.717) is 18.6 Å². The lowest BCUT2D eigenvalue weighted by Crippen LogP contribution is -2.59. The molecule has 0 spiro atoms. The van der Waals surface area contributed by atoms with Gasteiger partial charge in [0.1, 0.15) is 23.9 Å². The minimum Gasteiger partial charge on any atom is -0.508 e. The largest absolute Gasteiger partial charge is 0.508 e. The van der Waals surface area contributed by atoms with E-state index in [1.165, 1.54) is 23.9 Å². The molecule has 0 saturated heterocycles. The molecule has 1 aromatic rings. The first-order chi connectivity index (χ1) is 16.5. The molecule has 5 atom stereocenters. The van der Waals surface area contributed by atoms with Crippen molar-refractivity contribution in [2.75, 3.05) is 17.8 Å². The van der Waals surface area contributed by atoms with Crippen LogP contribution in [0.4, 0.5) is 0 Å². The van der Waals surface area contributed by atoms with E-state index in [4.69, 9.17) is 5.73 Å². The molecular weight excluding hydrogens is 492 g/mol. The van der Waals surface area contributed by atoms with Gasteiger partial charge in [0.15, 0.2) is 0 Å². The molecule has 10 nitrogen and oxygen atoms in total. The molecule has 35 heavy (non-hydrogen) atoms. The van der Waals surface area contributed by atoms with Gasteiger partial charge in [0.05, 0.1) is 6.04 Å². The molecule has 0 aliphatic carbocycles. The Hall–Kier alpha value is -2.44. The molecule has 0 radical (unpaired) electrons. The average Bonchev–Trinajstić information content (AvgIpc) is 2.83. The second-order valence-corrected chi connectivity index (χ2v) is 9.62. The molecule has 0 fully saturated rings. The number of carboxylic acids is 1. The van der Waals surface area contributed by atoms with E-state index in [2.05, 4.69) is 28.6 Å². The molecule has 1 aromatic carbocycles. The van der Waals surface area contributed by atoms with Crippen molar-refractivity contribution >= 4 is 48.1 Å². The van der Waals surface area contributed by atoms with E-state index >= 15 is 0 Å². The molecule has 0 bridgehead atoms. The molecule has 3 amide bonds. The van der Waals surface area contributed by atoms with E-state index < -0.39 is 47.9 Å². The monoisotopic (exact) mass is 528 g/mol. The van der Waals surface area contributed by atoms with Crippen LogP contribution in [0, 0.1) is 5.92 Å². The molecule has 0 heterocycles. The van der Waals surface area contributed by atoms with Crippen molar-refractivity contribution in [3.05, 3.63) is 29.8 Å². The van der Waals surface area contributed by atoms with Crippen molar-refractivity contribution in [1.82, 2.24) is 16.0 Å². The van der Waals surface area contributed by atoms with Crippen LogP contribution in [0.1, 0.15) is 32.3 Å². The van der Waals surface area contributed by atoms with E-state index in [-0.39, 0.29) is 23.8 Å². The molecule has 196 valence electrons. The first-order valence-electron chi connectivity index (χ1n) is 11.3. The number of benzene rings is 1. The predicted octanol–water partition coefficient (Wildman–Crippen LogP) is 0.530. The maximum Gasteiger partial charge on any atom is 0.327 e. The summed E-state index contributed by atoms with van der Waals surface area (Å²) in [6.07, 6.45) is 2.94. The van der Waals surface area contributed by atoms with Crippen LogP contribution in [-0.2, 0) is 25.6 Å². The number of hydrogen-bond donors (Lipinski definition) is 7. The minimum absolute atomic E-state index is 0.101.